The van der Waals surface area contributed by atoms with Crippen LogP contribution in [-0.2, 0) is 4.74 Å². The van der Waals surface area contributed by atoms with Crippen molar-refractivity contribution in [2.24, 2.45) is 0 Å². The molecule has 2 aromatic rings. The summed E-state index contributed by atoms with van der Waals surface area (Å²) < 4.78 is 5.19. The molecule has 1 heterocycles. The van der Waals surface area contributed by atoms with Crippen molar-refractivity contribution in [1.82, 2.24) is 4.98 Å². The van der Waals surface area contributed by atoms with E-state index in [1.54, 1.807) is 38.4 Å². The van der Waals surface area contributed by atoms with Gasteiger partial charge in [0.2, 0.25) is 0 Å². The molecule has 22 heavy (non-hydrogen) atoms. The van der Waals surface area contributed by atoms with Crippen LogP contribution in [0, 0.1) is 11.8 Å². The fraction of sp³-hybridized carbons (Fsp3) is 0.250. The van der Waals surface area contributed by atoms with E-state index in [9.17, 15) is 4.79 Å². The first kappa shape index (κ1) is 15.9. The molecular formula is C16H17N3O2S. The van der Waals surface area contributed by atoms with Crippen LogP contribution in [0.25, 0.3) is 0 Å². The van der Waals surface area contributed by atoms with Gasteiger partial charge in [0.1, 0.15) is 10.5 Å². The molecule has 1 aromatic carbocycles. The third kappa shape index (κ3) is 4.79. The van der Waals surface area contributed by atoms with Crippen LogP contribution in [0.4, 0.5) is 16.3 Å². The summed E-state index contributed by atoms with van der Waals surface area (Å²) in [6.07, 6.45) is -0.551. The summed E-state index contributed by atoms with van der Waals surface area (Å²) in [7, 11) is 0. The van der Waals surface area contributed by atoms with Crippen LogP contribution in [0.15, 0.2) is 29.8 Å². The van der Waals surface area contributed by atoms with Gasteiger partial charge in [-0.3, -0.25) is 5.32 Å². The van der Waals surface area contributed by atoms with Crippen molar-refractivity contribution in [3.63, 3.8) is 0 Å². The Kier molecular flexibility index (Phi) is 4.68. The van der Waals surface area contributed by atoms with E-state index in [4.69, 9.17) is 10.5 Å². The highest BCUT2D eigenvalue weighted by atomic mass is 32.1. The first-order valence-electron chi connectivity index (χ1n) is 6.64. The predicted octanol–water partition coefficient (Wildman–Crippen LogP) is 3.47. The average molecular weight is 315 g/mol. The molecule has 0 aliphatic rings. The first-order valence-corrected chi connectivity index (χ1v) is 7.52. The number of thiazole rings is 1. The number of nitrogens with one attached hydrogen (secondary N) is 1. The molecule has 2 rings (SSSR count). The minimum atomic E-state index is -0.562. The lowest BCUT2D eigenvalue weighted by molar-refractivity contribution is 0.0635. The molecule has 0 atom stereocenters. The van der Waals surface area contributed by atoms with Gasteiger partial charge in [0.15, 0.2) is 5.82 Å². The number of nitrogen functional groups attached to an aromatic ring is 1. The second-order valence-electron chi connectivity index (χ2n) is 5.53. The van der Waals surface area contributed by atoms with Crippen LogP contribution in [0.2, 0.25) is 0 Å². The summed E-state index contributed by atoms with van der Waals surface area (Å²) in [6.45, 7) is 5.40. The molecule has 0 unspecified atom stereocenters. The SMILES string of the molecule is CC(C)(C)OC(=O)Nc1ncsc1C#Cc1cccc(N)c1. The molecule has 0 fully saturated rings. The van der Waals surface area contributed by atoms with Crippen LogP contribution in [0.3, 0.4) is 0 Å². The number of rotatable bonds is 1. The molecule has 0 aliphatic heterocycles. The van der Waals surface area contributed by atoms with Crippen molar-refractivity contribution in [3.05, 3.63) is 40.2 Å². The number of anilines is 2. The second kappa shape index (κ2) is 6.50. The zero-order valence-corrected chi connectivity index (χ0v) is 13.5. The minimum absolute atomic E-state index is 0.399. The number of hydrogen-bond donors (Lipinski definition) is 2. The fourth-order valence-corrected chi connectivity index (χ4v) is 2.16. The molecule has 0 saturated heterocycles. The Labute approximate surface area is 133 Å². The zero-order chi connectivity index (χ0) is 16.2. The van der Waals surface area contributed by atoms with E-state index in [0.717, 1.165) is 5.56 Å². The molecule has 0 saturated carbocycles. The Morgan fingerprint density at radius 2 is 2.14 bits per heavy atom. The molecule has 0 spiro atoms. The standard InChI is InChI=1S/C16H17N3O2S/c1-16(2,3)21-15(20)19-14-13(22-10-18-14)8-7-11-5-4-6-12(17)9-11/h4-6,9-10H,17H2,1-3H3,(H,19,20). The summed E-state index contributed by atoms with van der Waals surface area (Å²) >= 11 is 1.35. The quantitative estimate of drug-likeness (QED) is 0.624. The van der Waals surface area contributed by atoms with Gasteiger partial charge in [-0.25, -0.2) is 9.78 Å². The van der Waals surface area contributed by atoms with Gasteiger partial charge in [-0.15, -0.1) is 11.3 Å². The van der Waals surface area contributed by atoms with Crippen molar-refractivity contribution in [2.45, 2.75) is 26.4 Å². The molecular weight excluding hydrogens is 298 g/mol. The van der Waals surface area contributed by atoms with E-state index >= 15 is 0 Å². The van der Waals surface area contributed by atoms with E-state index in [1.165, 1.54) is 11.3 Å². The van der Waals surface area contributed by atoms with Crippen LogP contribution in [-0.4, -0.2) is 16.7 Å². The summed E-state index contributed by atoms with van der Waals surface area (Å²) in [5.41, 5.74) is 8.23. The number of aromatic nitrogens is 1. The Morgan fingerprint density at radius 1 is 1.36 bits per heavy atom. The number of nitrogens with zero attached hydrogens (tertiary/aromatic N) is 1. The van der Waals surface area contributed by atoms with Gasteiger partial charge in [-0.05, 0) is 44.9 Å². The maximum absolute atomic E-state index is 11.8. The van der Waals surface area contributed by atoms with Gasteiger partial charge in [-0.1, -0.05) is 12.0 Å². The topological polar surface area (TPSA) is 77.2 Å². The fourth-order valence-electron chi connectivity index (χ4n) is 1.57. The summed E-state index contributed by atoms with van der Waals surface area (Å²) in [6, 6.07) is 7.29. The second-order valence-corrected chi connectivity index (χ2v) is 6.39. The lowest BCUT2D eigenvalue weighted by atomic mass is 10.2. The Morgan fingerprint density at radius 3 is 2.82 bits per heavy atom. The number of hydrogen-bond acceptors (Lipinski definition) is 5. The molecule has 1 aromatic heterocycles. The number of benzene rings is 1. The number of nitrogens with two attached hydrogens (primary N) is 1. The van der Waals surface area contributed by atoms with Crippen LogP contribution >= 0.6 is 11.3 Å². The molecule has 5 nitrogen and oxygen atoms in total. The minimum Gasteiger partial charge on any atom is -0.444 e. The summed E-state index contributed by atoms with van der Waals surface area (Å²) in [4.78, 5) is 16.5. The molecule has 0 radical (unpaired) electrons. The van der Waals surface area contributed by atoms with E-state index < -0.39 is 11.7 Å². The highest BCUT2D eigenvalue weighted by Crippen LogP contribution is 2.19. The van der Waals surface area contributed by atoms with Gasteiger partial charge >= 0.3 is 6.09 Å². The highest BCUT2D eigenvalue weighted by molar-refractivity contribution is 7.10. The molecule has 6 heteroatoms. The van der Waals surface area contributed by atoms with Crippen molar-refractivity contribution < 1.29 is 9.53 Å². The van der Waals surface area contributed by atoms with Crippen molar-refractivity contribution >= 4 is 28.9 Å². The van der Waals surface area contributed by atoms with Crippen molar-refractivity contribution in [1.29, 1.82) is 0 Å². The zero-order valence-electron chi connectivity index (χ0n) is 12.6. The normalized spacial score (nSPS) is 10.5. The molecule has 1 amide bonds. The van der Waals surface area contributed by atoms with E-state index in [2.05, 4.69) is 22.1 Å². The summed E-state index contributed by atoms with van der Waals surface area (Å²) in [5, 5.41) is 2.61. The smallest absolute Gasteiger partial charge is 0.413 e. The van der Waals surface area contributed by atoms with Gasteiger partial charge < -0.3 is 10.5 Å². The molecule has 0 bridgehead atoms. The molecule has 3 N–H and O–H groups in total. The lowest BCUT2D eigenvalue weighted by Gasteiger charge is -2.19. The Bertz CT molecular complexity index is 736. The van der Waals surface area contributed by atoms with E-state index in [1.807, 2.05) is 12.1 Å². The van der Waals surface area contributed by atoms with Crippen molar-refractivity contribution in [3.8, 4) is 11.8 Å². The number of ether oxygens (including phenoxy) is 1. The Balaban J connectivity index is 2.12. The third-order valence-corrected chi connectivity index (χ3v) is 3.14. The van der Waals surface area contributed by atoms with Gasteiger partial charge in [0, 0.05) is 11.3 Å². The van der Waals surface area contributed by atoms with Crippen LogP contribution in [0.1, 0.15) is 31.2 Å². The average Bonchev–Trinajstić information content (AvgIpc) is 2.81. The van der Waals surface area contributed by atoms with E-state index in [0.29, 0.717) is 16.4 Å². The molecule has 0 aliphatic carbocycles. The predicted molar refractivity (Wildman–Crippen MR) is 88.8 cm³/mol. The number of carbonyl (C=O) groups excluding carboxylic acids is 1. The summed E-state index contributed by atoms with van der Waals surface area (Å²) in [5.74, 6) is 6.38. The lowest BCUT2D eigenvalue weighted by Crippen LogP contribution is -2.27. The largest absolute Gasteiger partial charge is 0.444 e. The first-order chi connectivity index (χ1) is 10.3. The maximum Gasteiger partial charge on any atom is 0.413 e. The number of carbonyl (C=O) groups is 1. The monoisotopic (exact) mass is 315 g/mol. The van der Waals surface area contributed by atoms with Crippen molar-refractivity contribution in [2.75, 3.05) is 11.1 Å². The van der Waals surface area contributed by atoms with Crippen LogP contribution < -0.4 is 11.1 Å². The highest BCUT2D eigenvalue weighted by Gasteiger charge is 2.17. The maximum atomic E-state index is 11.8. The van der Waals surface area contributed by atoms with E-state index in [-0.39, 0.29) is 0 Å². The molecule has 114 valence electrons. The van der Waals surface area contributed by atoms with Gasteiger partial charge in [-0.2, -0.15) is 0 Å². The van der Waals surface area contributed by atoms with Gasteiger partial charge in [0.05, 0.1) is 5.51 Å². The number of amides is 1. The van der Waals surface area contributed by atoms with Crippen LogP contribution in [0.5, 0.6) is 0 Å². The third-order valence-electron chi connectivity index (χ3n) is 2.39. The van der Waals surface area contributed by atoms with Gasteiger partial charge in [0.25, 0.3) is 0 Å². The Hall–Kier alpha value is -2.52.